The SMILES string of the molecule is O=C(Cc1ccccc1)Nc1ccc(S(=O)(=O)Nc2ccccn2)cc1. The average molecular weight is 367 g/mol. The molecule has 26 heavy (non-hydrogen) atoms. The number of carbonyl (C=O) groups excluding carboxylic acids is 1. The molecule has 0 aliphatic rings. The minimum Gasteiger partial charge on any atom is -0.326 e. The van der Waals surface area contributed by atoms with E-state index in [4.69, 9.17) is 0 Å². The highest BCUT2D eigenvalue weighted by Crippen LogP contribution is 2.17. The van der Waals surface area contributed by atoms with Crippen LogP contribution in [0.15, 0.2) is 83.9 Å². The molecule has 1 heterocycles. The van der Waals surface area contributed by atoms with E-state index < -0.39 is 10.0 Å². The van der Waals surface area contributed by atoms with Crippen molar-refractivity contribution in [3.05, 3.63) is 84.6 Å². The van der Waals surface area contributed by atoms with Crippen LogP contribution in [0.2, 0.25) is 0 Å². The van der Waals surface area contributed by atoms with E-state index >= 15 is 0 Å². The number of carbonyl (C=O) groups is 1. The van der Waals surface area contributed by atoms with Gasteiger partial charge in [0.1, 0.15) is 5.82 Å². The number of nitrogens with zero attached hydrogens (tertiary/aromatic N) is 1. The van der Waals surface area contributed by atoms with Crippen molar-refractivity contribution >= 4 is 27.4 Å². The van der Waals surface area contributed by atoms with Crippen LogP contribution in [-0.4, -0.2) is 19.3 Å². The molecule has 0 aliphatic carbocycles. The van der Waals surface area contributed by atoms with Crippen LogP contribution in [0, 0.1) is 0 Å². The van der Waals surface area contributed by atoms with Gasteiger partial charge in [-0.1, -0.05) is 36.4 Å². The lowest BCUT2D eigenvalue weighted by molar-refractivity contribution is -0.115. The van der Waals surface area contributed by atoms with Crippen molar-refractivity contribution < 1.29 is 13.2 Å². The minimum atomic E-state index is -3.73. The molecule has 3 aromatic rings. The van der Waals surface area contributed by atoms with Crippen LogP contribution in [0.25, 0.3) is 0 Å². The molecule has 7 heteroatoms. The summed E-state index contributed by atoms with van der Waals surface area (Å²) in [5.74, 6) is 0.0751. The summed E-state index contributed by atoms with van der Waals surface area (Å²) in [5.41, 5.74) is 1.44. The summed E-state index contributed by atoms with van der Waals surface area (Å²) in [6.07, 6.45) is 1.76. The van der Waals surface area contributed by atoms with E-state index in [0.29, 0.717) is 5.69 Å². The van der Waals surface area contributed by atoms with E-state index in [2.05, 4.69) is 15.0 Å². The van der Waals surface area contributed by atoms with Gasteiger partial charge in [-0.15, -0.1) is 0 Å². The van der Waals surface area contributed by atoms with Gasteiger partial charge in [0.15, 0.2) is 0 Å². The lowest BCUT2D eigenvalue weighted by Gasteiger charge is -2.09. The van der Waals surface area contributed by atoms with Crippen molar-refractivity contribution in [2.75, 3.05) is 10.0 Å². The number of rotatable bonds is 6. The Morgan fingerprint density at radius 1 is 0.885 bits per heavy atom. The molecule has 3 rings (SSSR count). The monoisotopic (exact) mass is 367 g/mol. The second-order valence-electron chi connectivity index (χ2n) is 5.56. The summed E-state index contributed by atoms with van der Waals surface area (Å²) in [7, 11) is -3.73. The summed E-state index contributed by atoms with van der Waals surface area (Å²) in [4.78, 5) is 16.1. The predicted octanol–water partition coefficient (Wildman–Crippen LogP) is 3.06. The number of aromatic nitrogens is 1. The van der Waals surface area contributed by atoms with Gasteiger partial charge in [-0.2, -0.15) is 0 Å². The normalized spacial score (nSPS) is 10.9. The third-order valence-corrected chi connectivity index (χ3v) is 4.93. The number of sulfonamides is 1. The van der Waals surface area contributed by atoms with Gasteiger partial charge in [-0.3, -0.25) is 9.52 Å². The van der Waals surface area contributed by atoms with Crippen LogP contribution in [0.4, 0.5) is 11.5 Å². The highest BCUT2D eigenvalue weighted by molar-refractivity contribution is 7.92. The van der Waals surface area contributed by atoms with Gasteiger partial charge >= 0.3 is 0 Å². The summed E-state index contributed by atoms with van der Waals surface area (Å²) in [6.45, 7) is 0. The Kier molecular flexibility index (Phi) is 5.28. The molecule has 132 valence electrons. The Balaban J connectivity index is 1.65. The second kappa shape index (κ2) is 7.79. The van der Waals surface area contributed by atoms with Crippen molar-refractivity contribution in [2.24, 2.45) is 0 Å². The van der Waals surface area contributed by atoms with E-state index in [-0.39, 0.29) is 23.0 Å². The maximum absolute atomic E-state index is 12.3. The number of hydrogen-bond donors (Lipinski definition) is 2. The smallest absolute Gasteiger partial charge is 0.263 e. The first-order valence-electron chi connectivity index (χ1n) is 7.91. The molecule has 0 radical (unpaired) electrons. The third kappa shape index (κ3) is 4.67. The molecule has 0 spiro atoms. The van der Waals surface area contributed by atoms with Crippen LogP contribution in [0.3, 0.4) is 0 Å². The van der Waals surface area contributed by atoms with E-state index in [1.807, 2.05) is 30.3 Å². The fraction of sp³-hybridized carbons (Fsp3) is 0.0526. The quantitative estimate of drug-likeness (QED) is 0.701. The lowest BCUT2D eigenvalue weighted by atomic mass is 10.1. The molecule has 0 aliphatic heterocycles. The van der Waals surface area contributed by atoms with Gasteiger partial charge < -0.3 is 5.32 Å². The lowest BCUT2D eigenvalue weighted by Crippen LogP contribution is -2.15. The molecule has 0 saturated carbocycles. The molecule has 0 bridgehead atoms. The molecule has 0 unspecified atom stereocenters. The molecule has 2 aromatic carbocycles. The maximum atomic E-state index is 12.3. The highest BCUT2D eigenvalue weighted by atomic mass is 32.2. The zero-order chi connectivity index (χ0) is 18.4. The molecule has 0 atom stereocenters. The van der Waals surface area contributed by atoms with Gasteiger partial charge in [0.25, 0.3) is 10.0 Å². The molecule has 6 nitrogen and oxygen atoms in total. The Labute approximate surface area is 152 Å². The number of benzene rings is 2. The van der Waals surface area contributed by atoms with E-state index in [1.165, 1.54) is 18.3 Å². The van der Waals surface area contributed by atoms with Crippen LogP contribution in [-0.2, 0) is 21.2 Å². The summed E-state index contributed by atoms with van der Waals surface area (Å²) in [6, 6.07) is 20.3. The number of pyridine rings is 1. The van der Waals surface area contributed by atoms with Crippen molar-refractivity contribution in [2.45, 2.75) is 11.3 Å². The highest BCUT2D eigenvalue weighted by Gasteiger charge is 2.14. The number of anilines is 2. The molecular formula is C19H17N3O3S. The summed E-state index contributed by atoms with van der Waals surface area (Å²) < 4.78 is 27.1. The Bertz CT molecular complexity index is 974. The molecule has 0 fully saturated rings. The van der Waals surface area contributed by atoms with E-state index in [1.54, 1.807) is 30.3 Å². The zero-order valence-corrected chi connectivity index (χ0v) is 14.6. The van der Waals surface area contributed by atoms with E-state index in [9.17, 15) is 13.2 Å². The zero-order valence-electron chi connectivity index (χ0n) is 13.8. The summed E-state index contributed by atoms with van der Waals surface area (Å²) in [5, 5.41) is 2.75. The van der Waals surface area contributed by atoms with Gasteiger partial charge in [-0.25, -0.2) is 13.4 Å². The maximum Gasteiger partial charge on any atom is 0.263 e. The first kappa shape index (κ1) is 17.6. The molecule has 1 aromatic heterocycles. The second-order valence-corrected chi connectivity index (χ2v) is 7.24. The largest absolute Gasteiger partial charge is 0.326 e. The van der Waals surface area contributed by atoms with Crippen molar-refractivity contribution in [3.8, 4) is 0 Å². The molecule has 2 N–H and O–H groups in total. The van der Waals surface area contributed by atoms with E-state index in [0.717, 1.165) is 5.56 Å². The third-order valence-electron chi connectivity index (χ3n) is 3.56. The Morgan fingerprint density at radius 3 is 2.23 bits per heavy atom. The van der Waals surface area contributed by atoms with Gasteiger partial charge in [-0.05, 0) is 42.0 Å². The van der Waals surface area contributed by atoms with Crippen molar-refractivity contribution in [3.63, 3.8) is 0 Å². The molecule has 0 saturated heterocycles. The minimum absolute atomic E-state index is 0.0872. The van der Waals surface area contributed by atoms with Crippen LogP contribution in [0.5, 0.6) is 0 Å². The Morgan fingerprint density at radius 2 is 1.58 bits per heavy atom. The fourth-order valence-corrected chi connectivity index (χ4v) is 3.33. The van der Waals surface area contributed by atoms with Crippen LogP contribution < -0.4 is 10.0 Å². The van der Waals surface area contributed by atoms with Gasteiger partial charge in [0.05, 0.1) is 11.3 Å². The first-order chi connectivity index (χ1) is 12.5. The standard InChI is InChI=1S/C19H17N3O3S/c23-19(14-15-6-2-1-3-7-15)21-16-9-11-17(12-10-16)26(24,25)22-18-8-4-5-13-20-18/h1-13H,14H2,(H,20,22)(H,21,23). The predicted molar refractivity (Wildman–Crippen MR) is 100 cm³/mol. The van der Waals surface area contributed by atoms with Gasteiger partial charge in [0.2, 0.25) is 5.91 Å². The Hall–Kier alpha value is -3.19. The average Bonchev–Trinajstić information content (AvgIpc) is 2.63. The number of nitrogens with one attached hydrogen (secondary N) is 2. The number of hydrogen-bond acceptors (Lipinski definition) is 4. The van der Waals surface area contributed by atoms with Crippen LogP contribution >= 0.6 is 0 Å². The molecular weight excluding hydrogens is 350 g/mol. The molecule has 1 amide bonds. The van der Waals surface area contributed by atoms with Gasteiger partial charge in [0, 0.05) is 11.9 Å². The fourth-order valence-electron chi connectivity index (χ4n) is 2.32. The summed E-state index contributed by atoms with van der Waals surface area (Å²) >= 11 is 0. The van der Waals surface area contributed by atoms with Crippen molar-refractivity contribution in [1.82, 2.24) is 4.98 Å². The van der Waals surface area contributed by atoms with Crippen LogP contribution in [0.1, 0.15) is 5.56 Å². The topological polar surface area (TPSA) is 88.2 Å². The van der Waals surface area contributed by atoms with Crippen molar-refractivity contribution in [1.29, 1.82) is 0 Å². The number of amides is 1. The first-order valence-corrected chi connectivity index (χ1v) is 9.39.